The summed E-state index contributed by atoms with van der Waals surface area (Å²) in [5.41, 5.74) is 0.220. The van der Waals surface area contributed by atoms with Gasteiger partial charge < -0.3 is 15.5 Å². The Morgan fingerprint density at radius 3 is 2.61 bits per heavy atom. The molecule has 0 heterocycles. The number of hydrogen-bond donors (Lipinski definition) is 3. The molecule has 1 aromatic rings. The number of hydrogen-bond acceptors (Lipinski definition) is 3. The average molecular weight is 316 g/mol. The molecule has 0 unspecified atom stereocenters. The number of phenolic OH excluding ortho intramolecular Hbond substituents is 1. The summed E-state index contributed by atoms with van der Waals surface area (Å²) in [4.78, 5) is 22.7. The van der Waals surface area contributed by atoms with Gasteiger partial charge in [0.1, 0.15) is 11.8 Å². The Hall–Kier alpha value is -1.56. The maximum absolute atomic E-state index is 11.8. The number of phenols is 1. The molecule has 0 saturated heterocycles. The lowest BCUT2D eigenvalue weighted by Gasteiger charge is -2.13. The van der Waals surface area contributed by atoms with Crippen LogP contribution in [0.15, 0.2) is 22.7 Å². The molecule has 1 aromatic carbocycles. The Bertz CT molecular complexity index is 461. The first-order valence-corrected chi connectivity index (χ1v) is 6.27. The smallest absolute Gasteiger partial charge is 0.326 e. The minimum Gasteiger partial charge on any atom is -0.507 e. The predicted molar refractivity (Wildman–Crippen MR) is 69.6 cm³/mol. The van der Waals surface area contributed by atoms with Crippen LogP contribution in [0.5, 0.6) is 5.75 Å². The second-order valence-electron chi connectivity index (χ2n) is 3.82. The molecule has 0 spiro atoms. The quantitative estimate of drug-likeness (QED) is 0.777. The number of carboxylic acid groups (broad SMARTS) is 1. The minimum absolute atomic E-state index is 0.0648. The van der Waals surface area contributed by atoms with Gasteiger partial charge >= 0.3 is 5.97 Å². The third kappa shape index (κ3) is 3.73. The van der Waals surface area contributed by atoms with E-state index in [4.69, 9.17) is 5.11 Å². The molecule has 0 aliphatic carbocycles. The molecule has 1 rings (SSSR count). The number of carbonyl (C=O) groups excluding carboxylic acids is 1. The number of aromatic hydroxyl groups is 1. The number of carbonyl (C=O) groups is 2. The first-order chi connectivity index (χ1) is 8.45. The number of rotatable bonds is 5. The first-order valence-electron chi connectivity index (χ1n) is 5.48. The Morgan fingerprint density at radius 1 is 1.44 bits per heavy atom. The van der Waals surface area contributed by atoms with E-state index in [9.17, 15) is 14.7 Å². The van der Waals surface area contributed by atoms with Gasteiger partial charge in [-0.05, 0) is 40.5 Å². The zero-order valence-electron chi connectivity index (χ0n) is 9.81. The van der Waals surface area contributed by atoms with Crippen LogP contribution in [0.2, 0.25) is 0 Å². The molecular weight excluding hydrogens is 302 g/mol. The van der Waals surface area contributed by atoms with E-state index in [1.165, 1.54) is 18.2 Å². The van der Waals surface area contributed by atoms with Gasteiger partial charge in [0, 0.05) is 5.56 Å². The standard InChI is InChI=1S/C12H14BrNO4/c1-2-3-9(12(17)18)14-11(16)7-4-5-8(13)10(15)6-7/h4-6,9,15H,2-3H2,1H3,(H,14,16)(H,17,18)/t9-/m0/s1. The van der Waals surface area contributed by atoms with Gasteiger partial charge in [-0.2, -0.15) is 0 Å². The van der Waals surface area contributed by atoms with Crippen LogP contribution in [0, 0.1) is 0 Å². The number of carboxylic acids is 1. The summed E-state index contributed by atoms with van der Waals surface area (Å²) in [6.45, 7) is 1.84. The van der Waals surface area contributed by atoms with E-state index in [1.54, 1.807) is 0 Å². The topological polar surface area (TPSA) is 86.6 Å². The SMILES string of the molecule is CCC[C@H](NC(=O)c1ccc(Br)c(O)c1)C(=O)O. The van der Waals surface area contributed by atoms with E-state index >= 15 is 0 Å². The summed E-state index contributed by atoms with van der Waals surface area (Å²) in [5.74, 6) is -1.64. The van der Waals surface area contributed by atoms with Gasteiger partial charge in [0.05, 0.1) is 4.47 Å². The molecule has 3 N–H and O–H groups in total. The molecule has 0 radical (unpaired) electrons. The van der Waals surface area contributed by atoms with Crippen LogP contribution >= 0.6 is 15.9 Å². The highest BCUT2D eigenvalue weighted by Crippen LogP contribution is 2.24. The summed E-state index contributed by atoms with van der Waals surface area (Å²) < 4.78 is 0.474. The minimum atomic E-state index is -1.06. The van der Waals surface area contributed by atoms with Crippen LogP contribution in [-0.4, -0.2) is 28.1 Å². The average Bonchev–Trinajstić information content (AvgIpc) is 2.31. The zero-order valence-corrected chi connectivity index (χ0v) is 11.4. The van der Waals surface area contributed by atoms with Gasteiger partial charge in [0.15, 0.2) is 0 Å². The summed E-state index contributed by atoms with van der Waals surface area (Å²) in [6.07, 6.45) is 1.02. The van der Waals surface area contributed by atoms with E-state index in [2.05, 4.69) is 21.2 Å². The molecule has 1 atom stereocenters. The van der Waals surface area contributed by atoms with Gasteiger partial charge in [-0.15, -0.1) is 0 Å². The van der Waals surface area contributed by atoms with E-state index in [0.717, 1.165) is 0 Å². The van der Waals surface area contributed by atoms with Gasteiger partial charge in [-0.3, -0.25) is 4.79 Å². The summed E-state index contributed by atoms with van der Waals surface area (Å²) >= 11 is 3.10. The second kappa shape index (κ2) is 6.39. The van der Waals surface area contributed by atoms with Crippen molar-refractivity contribution in [1.29, 1.82) is 0 Å². The fourth-order valence-corrected chi connectivity index (χ4v) is 1.69. The van der Waals surface area contributed by atoms with Crippen molar-refractivity contribution >= 4 is 27.8 Å². The number of nitrogens with one attached hydrogen (secondary N) is 1. The van der Waals surface area contributed by atoms with Gasteiger partial charge in [-0.1, -0.05) is 13.3 Å². The molecule has 6 heteroatoms. The predicted octanol–water partition coefficient (Wildman–Crippen LogP) is 2.14. The number of amides is 1. The molecule has 0 aliphatic rings. The molecule has 0 aliphatic heterocycles. The molecule has 0 fully saturated rings. The van der Waals surface area contributed by atoms with Crippen molar-refractivity contribution in [3.63, 3.8) is 0 Å². The molecule has 5 nitrogen and oxygen atoms in total. The maximum atomic E-state index is 11.8. The highest BCUT2D eigenvalue weighted by atomic mass is 79.9. The van der Waals surface area contributed by atoms with Gasteiger partial charge in [-0.25, -0.2) is 4.79 Å². The van der Waals surface area contributed by atoms with E-state index in [1.807, 2.05) is 6.92 Å². The number of halogens is 1. The van der Waals surface area contributed by atoms with Crippen molar-refractivity contribution in [1.82, 2.24) is 5.32 Å². The Kier molecular flexibility index (Phi) is 5.15. The third-order valence-electron chi connectivity index (χ3n) is 2.39. The molecular formula is C12H14BrNO4. The second-order valence-corrected chi connectivity index (χ2v) is 4.67. The lowest BCUT2D eigenvalue weighted by atomic mass is 10.1. The Balaban J connectivity index is 2.80. The normalized spacial score (nSPS) is 11.9. The molecule has 0 bridgehead atoms. The number of benzene rings is 1. The summed E-state index contributed by atoms with van der Waals surface area (Å²) in [5, 5.41) is 20.8. The van der Waals surface area contributed by atoms with Crippen LogP contribution in [0.3, 0.4) is 0 Å². The van der Waals surface area contributed by atoms with Gasteiger partial charge in [0.25, 0.3) is 5.91 Å². The van der Waals surface area contributed by atoms with Crippen LogP contribution in [-0.2, 0) is 4.79 Å². The lowest BCUT2D eigenvalue weighted by molar-refractivity contribution is -0.139. The maximum Gasteiger partial charge on any atom is 0.326 e. The summed E-state index contributed by atoms with van der Waals surface area (Å²) in [7, 11) is 0. The molecule has 98 valence electrons. The van der Waals surface area contributed by atoms with Crippen LogP contribution in [0.4, 0.5) is 0 Å². The Morgan fingerprint density at radius 2 is 2.11 bits per heavy atom. The van der Waals surface area contributed by atoms with Crippen molar-refractivity contribution in [2.75, 3.05) is 0 Å². The van der Waals surface area contributed by atoms with Crippen molar-refractivity contribution in [3.8, 4) is 5.75 Å². The van der Waals surface area contributed by atoms with Crippen molar-refractivity contribution in [3.05, 3.63) is 28.2 Å². The zero-order chi connectivity index (χ0) is 13.7. The first kappa shape index (κ1) is 14.5. The lowest BCUT2D eigenvalue weighted by Crippen LogP contribution is -2.40. The Labute approximate surface area is 113 Å². The summed E-state index contributed by atoms with van der Waals surface area (Å²) in [6, 6.07) is 3.40. The highest BCUT2D eigenvalue weighted by Gasteiger charge is 2.19. The molecule has 0 aromatic heterocycles. The fraction of sp³-hybridized carbons (Fsp3) is 0.333. The van der Waals surface area contributed by atoms with Crippen LogP contribution in [0.1, 0.15) is 30.1 Å². The van der Waals surface area contributed by atoms with Gasteiger partial charge in [0.2, 0.25) is 0 Å². The van der Waals surface area contributed by atoms with Crippen LogP contribution < -0.4 is 5.32 Å². The van der Waals surface area contributed by atoms with E-state index < -0.39 is 17.9 Å². The van der Waals surface area contributed by atoms with Crippen molar-refractivity contribution in [2.24, 2.45) is 0 Å². The van der Waals surface area contributed by atoms with E-state index in [-0.39, 0.29) is 11.3 Å². The third-order valence-corrected chi connectivity index (χ3v) is 3.06. The van der Waals surface area contributed by atoms with E-state index in [0.29, 0.717) is 17.3 Å². The van der Waals surface area contributed by atoms with Crippen molar-refractivity contribution < 1.29 is 19.8 Å². The largest absolute Gasteiger partial charge is 0.507 e. The van der Waals surface area contributed by atoms with Crippen molar-refractivity contribution in [2.45, 2.75) is 25.8 Å². The fourth-order valence-electron chi connectivity index (χ4n) is 1.44. The molecule has 0 saturated carbocycles. The highest BCUT2D eigenvalue weighted by molar-refractivity contribution is 9.10. The monoisotopic (exact) mass is 315 g/mol. The molecule has 1 amide bonds. The van der Waals surface area contributed by atoms with Crippen LogP contribution in [0.25, 0.3) is 0 Å². The number of aliphatic carboxylic acids is 1. The molecule has 18 heavy (non-hydrogen) atoms.